The second-order valence-electron chi connectivity index (χ2n) is 2.74. The lowest BCUT2D eigenvalue weighted by Crippen LogP contribution is -1.83. The molecule has 0 aromatic heterocycles. The van der Waals surface area contributed by atoms with Crippen LogP contribution in [0.1, 0.15) is 0 Å². The quantitative estimate of drug-likeness (QED) is 0.608. The molecule has 0 unspecified atom stereocenters. The highest BCUT2D eigenvalue weighted by atomic mass is 35.5. The van der Waals surface area contributed by atoms with E-state index in [1.54, 1.807) is 58.8 Å². The SMILES string of the molecule is CSC1=C(SC)SC(=C2SC=C(C(=O)Cl)S2)S1. The predicted octanol–water partition coefficient (Wildman–Crippen LogP) is 5.53. The predicted molar refractivity (Wildman–Crippen MR) is 90.4 cm³/mol. The average Bonchev–Trinajstić information content (AvgIpc) is 2.94. The molecule has 0 amide bonds. The average molecular weight is 359 g/mol. The van der Waals surface area contributed by atoms with Crippen molar-refractivity contribution in [3.05, 3.63) is 27.3 Å². The van der Waals surface area contributed by atoms with E-state index in [2.05, 4.69) is 12.5 Å². The van der Waals surface area contributed by atoms with E-state index in [0.29, 0.717) is 4.91 Å². The standard InChI is InChI=1S/C9H7ClOS6/c1-12-6-7(13-2)17-9(16-6)8-14-3-4(15-8)5(10)11/h3H,1-2H3. The van der Waals surface area contributed by atoms with Crippen molar-refractivity contribution in [2.45, 2.75) is 0 Å². The van der Waals surface area contributed by atoms with Gasteiger partial charge in [0.15, 0.2) is 0 Å². The van der Waals surface area contributed by atoms with Gasteiger partial charge in [-0.05, 0) is 29.5 Å². The summed E-state index contributed by atoms with van der Waals surface area (Å²) in [5, 5.41) is 1.47. The van der Waals surface area contributed by atoms with E-state index in [1.165, 1.54) is 28.7 Å². The van der Waals surface area contributed by atoms with Crippen molar-refractivity contribution in [3.63, 3.8) is 0 Å². The van der Waals surface area contributed by atoms with Crippen LogP contribution >= 0.6 is 82.2 Å². The number of carbonyl (C=O) groups excluding carboxylic acids is 1. The van der Waals surface area contributed by atoms with Crippen LogP contribution in [0.5, 0.6) is 0 Å². The summed E-state index contributed by atoms with van der Waals surface area (Å²) in [5.41, 5.74) is 0. The number of halogens is 1. The minimum absolute atomic E-state index is 0.366. The summed E-state index contributed by atoms with van der Waals surface area (Å²) in [7, 11) is 0. The summed E-state index contributed by atoms with van der Waals surface area (Å²) in [6, 6.07) is 0. The molecule has 0 fully saturated rings. The van der Waals surface area contributed by atoms with Gasteiger partial charge in [0.1, 0.15) is 0 Å². The first kappa shape index (κ1) is 14.7. The summed E-state index contributed by atoms with van der Waals surface area (Å²) in [6.07, 6.45) is 4.18. The summed E-state index contributed by atoms with van der Waals surface area (Å²) in [5.74, 6) is 0. The molecule has 2 aliphatic rings. The number of rotatable bonds is 3. The molecule has 0 spiro atoms. The first-order valence-corrected chi connectivity index (χ1v) is 10.5. The van der Waals surface area contributed by atoms with Crippen LogP contribution in [-0.2, 0) is 4.79 Å². The number of hydrogen-bond acceptors (Lipinski definition) is 7. The fraction of sp³-hybridized carbons (Fsp3) is 0.222. The first-order chi connectivity index (χ1) is 8.15. The molecule has 0 radical (unpaired) electrons. The zero-order chi connectivity index (χ0) is 12.4. The van der Waals surface area contributed by atoms with Crippen LogP contribution in [0.15, 0.2) is 27.3 Å². The van der Waals surface area contributed by atoms with Crippen molar-refractivity contribution >= 4 is 87.4 Å². The molecule has 2 aliphatic heterocycles. The first-order valence-electron chi connectivity index (χ1n) is 4.32. The Kier molecular flexibility index (Phi) is 5.73. The molecule has 8 heteroatoms. The smallest absolute Gasteiger partial charge is 0.259 e. The van der Waals surface area contributed by atoms with Crippen molar-refractivity contribution in [2.24, 2.45) is 0 Å². The Labute approximate surface area is 131 Å². The Morgan fingerprint density at radius 2 is 1.71 bits per heavy atom. The highest BCUT2D eigenvalue weighted by molar-refractivity contribution is 8.42. The lowest BCUT2D eigenvalue weighted by molar-refractivity contribution is -0.107. The molecular formula is C9H7ClOS6. The largest absolute Gasteiger partial charge is 0.275 e. The molecule has 1 nitrogen and oxygen atoms in total. The van der Waals surface area contributed by atoms with Crippen LogP contribution in [0.25, 0.3) is 0 Å². The van der Waals surface area contributed by atoms with Crippen LogP contribution < -0.4 is 0 Å². The maximum Gasteiger partial charge on any atom is 0.259 e. The molecule has 0 aromatic carbocycles. The van der Waals surface area contributed by atoms with E-state index in [4.69, 9.17) is 11.6 Å². The van der Waals surface area contributed by atoms with Crippen LogP contribution in [0, 0.1) is 0 Å². The van der Waals surface area contributed by atoms with Crippen LogP contribution in [0.2, 0.25) is 0 Å². The van der Waals surface area contributed by atoms with Gasteiger partial charge >= 0.3 is 0 Å². The lowest BCUT2D eigenvalue weighted by atomic mass is 10.7. The van der Waals surface area contributed by atoms with Gasteiger partial charge in [-0.2, -0.15) is 0 Å². The van der Waals surface area contributed by atoms with Gasteiger partial charge in [-0.3, -0.25) is 4.79 Å². The van der Waals surface area contributed by atoms with Crippen molar-refractivity contribution < 1.29 is 4.79 Å². The van der Waals surface area contributed by atoms with E-state index < -0.39 is 0 Å². The molecule has 0 N–H and O–H groups in total. The molecule has 2 rings (SSSR count). The molecular weight excluding hydrogens is 352 g/mol. The van der Waals surface area contributed by atoms with E-state index in [1.807, 2.05) is 5.41 Å². The maximum atomic E-state index is 11.1. The number of hydrogen-bond donors (Lipinski definition) is 0. The van der Waals surface area contributed by atoms with Gasteiger partial charge < -0.3 is 0 Å². The van der Waals surface area contributed by atoms with E-state index in [9.17, 15) is 4.79 Å². The highest BCUT2D eigenvalue weighted by Crippen LogP contribution is 2.61. The zero-order valence-electron chi connectivity index (χ0n) is 8.81. The van der Waals surface area contributed by atoms with Gasteiger partial charge in [0.2, 0.25) is 0 Å². The highest BCUT2D eigenvalue weighted by Gasteiger charge is 2.27. The Bertz CT molecular complexity index is 434. The van der Waals surface area contributed by atoms with Crippen molar-refractivity contribution in [1.82, 2.24) is 0 Å². The van der Waals surface area contributed by atoms with Crippen LogP contribution in [-0.4, -0.2) is 17.8 Å². The Morgan fingerprint density at radius 3 is 2.12 bits per heavy atom. The lowest BCUT2D eigenvalue weighted by Gasteiger charge is -2.00. The normalized spacial score (nSPS) is 20.3. The third-order valence-electron chi connectivity index (χ3n) is 1.74. The fourth-order valence-corrected chi connectivity index (χ4v) is 8.69. The summed E-state index contributed by atoms with van der Waals surface area (Å²) in [6.45, 7) is 0. The van der Waals surface area contributed by atoms with E-state index in [0.717, 1.165) is 0 Å². The van der Waals surface area contributed by atoms with E-state index in [-0.39, 0.29) is 5.24 Å². The molecule has 17 heavy (non-hydrogen) atoms. The van der Waals surface area contributed by atoms with Gasteiger partial charge in [-0.25, -0.2) is 0 Å². The molecule has 0 aliphatic carbocycles. The van der Waals surface area contributed by atoms with E-state index >= 15 is 0 Å². The third kappa shape index (κ3) is 3.43. The van der Waals surface area contributed by atoms with Gasteiger partial charge in [0.05, 0.1) is 21.9 Å². The van der Waals surface area contributed by atoms with Gasteiger partial charge in [-0.15, -0.1) is 23.5 Å². The molecule has 0 aromatic rings. The Balaban J connectivity index is 2.11. The molecule has 0 saturated heterocycles. The van der Waals surface area contributed by atoms with Gasteiger partial charge in [-0.1, -0.05) is 47.0 Å². The van der Waals surface area contributed by atoms with Crippen molar-refractivity contribution in [3.8, 4) is 0 Å². The number of thioether (sulfide) groups is 6. The molecule has 0 bridgehead atoms. The monoisotopic (exact) mass is 358 g/mol. The Hall–Kier alpha value is 1.28. The maximum absolute atomic E-state index is 11.1. The number of carbonyl (C=O) groups is 1. The summed E-state index contributed by atoms with van der Waals surface area (Å²) < 4.78 is 5.12. The van der Waals surface area contributed by atoms with Crippen LogP contribution in [0.3, 0.4) is 0 Å². The minimum atomic E-state index is -0.366. The zero-order valence-corrected chi connectivity index (χ0v) is 14.5. The second-order valence-corrected chi connectivity index (χ2v) is 9.72. The van der Waals surface area contributed by atoms with Gasteiger partial charge in [0.25, 0.3) is 5.24 Å². The number of allylic oxidation sites excluding steroid dienone is 1. The van der Waals surface area contributed by atoms with Crippen LogP contribution in [0.4, 0.5) is 0 Å². The van der Waals surface area contributed by atoms with Gasteiger partial charge in [0, 0.05) is 0 Å². The van der Waals surface area contributed by atoms with Crippen molar-refractivity contribution in [2.75, 3.05) is 12.5 Å². The third-order valence-corrected chi connectivity index (χ3v) is 10.2. The Morgan fingerprint density at radius 1 is 1.12 bits per heavy atom. The molecule has 92 valence electrons. The molecule has 0 saturated carbocycles. The van der Waals surface area contributed by atoms with Crippen molar-refractivity contribution in [1.29, 1.82) is 0 Å². The minimum Gasteiger partial charge on any atom is -0.275 e. The topological polar surface area (TPSA) is 17.1 Å². The molecule has 0 atom stereocenters. The second kappa shape index (κ2) is 6.63. The summed E-state index contributed by atoms with van der Waals surface area (Å²) in [4.78, 5) is 11.7. The molecule has 2 heterocycles. The fourth-order valence-electron chi connectivity index (χ4n) is 1.04. The summed E-state index contributed by atoms with van der Waals surface area (Å²) >= 11 is 15.7.